The molecule has 0 aliphatic rings. The zero-order chi connectivity index (χ0) is 12.4. The molecule has 0 atom stereocenters. The van der Waals surface area contributed by atoms with Crippen LogP contribution in [0.15, 0.2) is 42.5 Å². The van der Waals surface area contributed by atoms with Gasteiger partial charge in [0.05, 0.1) is 15.6 Å². The molecule has 0 aromatic heterocycles. The molecule has 17 heavy (non-hydrogen) atoms. The average Bonchev–Trinajstić information content (AvgIpc) is 2.28. The maximum Gasteiger partial charge on any atom is 0.196 e. The third-order valence-electron chi connectivity index (χ3n) is 2.36. The fourth-order valence-electron chi connectivity index (χ4n) is 1.58. The van der Waals surface area contributed by atoms with Crippen molar-refractivity contribution in [2.75, 3.05) is 0 Å². The molecule has 0 bridgehead atoms. The molecular formula is C14H9Cl2O. The molecule has 3 heteroatoms. The molecule has 1 nitrogen and oxygen atoms in total. The molecular weight excluding hydrogens is 255 g/mol. The molecule has 0 aliphatic carbocycles. The highest BCUT2D eigenvalue weighted by molar-refractivity contribution is 6.41. The van der Waals surface area contributed by atoms with Gasteiger partial charge in [0.1, 0.15) is 0 Å². The van der Waals surface area contributed by atoms with E-state index in [-0.39, 0.29) is 5.78 Å². The van der Waals surface area contributed by atoms with Gasteiger partial charge < -0.3 is 0 Å². The molecule has 2 rings (SSSR count). The lowest BCUT2D eigenvalue weighted by atomic mass is 10.0. The SMILES string of the molecule is [CH2]c1cc(Cl)c(C(=O)c2ccccc2)c(Cl)c1. The summed E-state index contributed by atoms with van der Waals surface area (Å²) in [6.07, 6.45) is 0. The maximum absolute atomic E-state index is 12.2. The summed E-state index contributed by atoms with van der Waals surface area (Å²) >= 11 is 12.1. The number of carbonyl (C=O) groups excluding carboxylic acids is 1. The predicted molar refractivity (Wildman–Crippen MR) is 70.8 cm³/mol. The molecule has 0 saturated carbocycles. The molecule has 0 amide bonds. The van der Waals surface area contributed by atoms with Gasteiger partial charge in [-0.05, 0) is 24.6 Å². The van der Waals surface area contributed by atoms with E-state index < -0.39 is 0 Å². The largest absolute Gasteiger partial charge is 0.288 e. The highest BCUT2D eigenvalue weighted by Crippen LogP contribution is 2.28. The first kappa shape index (κ1) is 12.2. The Labute approximate surface area is 110 Å². The summed E-state index contributed by atoms with van der Waals surface area (Å²) in [6.45, 7) is 3.74. The molecule has 0 unspecified atom stereocenters. The minimum absolute atomic E-state index is 0.180. The molecule has 2 aromatic rings. The van der Waals surface area contributed by atoms with Crippen LogP contribution in [0.25, 0.3) is 0 Å². The standard InChI is InChI=1S/C14H9Cl2O/c1-9-7-11(15)13(12(16)8-9)14(17)10-5-3-2-4-6-10/h2-8H,1H2. The second-order valence-corrected chi connectivity index (χ2v) is 4.44. The average molecular weight is 264 g/mol. The third-order valence-corrected chi connectivity index (χ3v) is 2.96. The molecule has 2 aromatic carbocycles. The summed E-state index contributed by atoms with van der Waals surface area (Å²) in [6, 6.07) is 12.2. The quantitative estimate of drug-likeness (QED) is 0.734. The lowest BCUT2D eigenvalue weighted by Gasteiger charge is -2.07. The van der Waals surface area contributed by atoms with Crippen LogP contribution in [-0.2, 0) is 0 Å². The van der Waals surface area contributed by atoms with Crippen LogP contribution in [0.4, 0.5) is 0 Å². The first-order valence-corrected chi connectivity index (χ1v) is 5.76. The summed E-state index contributed by atoms with van der Waals surface area (Å²) in [5, 5.41) is 0.660. The van der Waals surface area contributed by atoms with E-state index in [1.165, 1.54) is 0 Å². The Balaban J connectivity index is 2.52. The normalized spacial score (nSPS) is 10.3. The van der Waals surface area contributed by atoms with E-state index in [1.807, 2.05) is 6.07 Å². The van der Waals surface area contributed by atoms with Gasteiger partial charge >= 0.3 is 0 Å². The van der Waals surface area contributed by atoms with Gasteiger partial charge in [0.25, 0.3) is 0 Å². The van der Waals surface area contributed by atoms with Crippen molar-refractivity contribution in [2.45, 2.75) is 0 Å². The Morgan fingerprint density at radius 3 is 2.06 bits per heavy atom. The third kappa shape index (κ3) is 2.51. The van der Waals surface area contributed by atoms with E-state index in [0.29, 0.717) is 26.7 Å². The van der Waals surface area contributed by atoms with Crippen LogP contribution in [0.1, 0.15) is 21.5 Å². The van der Waals surface area contributed by atoms with Crippen molar-refractivity contribution in [3.05, 3.63) is 76.1 Å². The van der Waals surface area contributed by atoms with Gasteiger partial charge in [-0.15, -0.1) is 0 Å². The van der Waals surface area contributed by atoms with Crippen molar-refractivity contribution in [2.24, 2.45) is 0 Å². The molecule has 0 heterocycles. The van der Waals surface area contributed by atoms with Crippen LogP contribution >= 0.6 is 23.2 Å². The molecule has 0 aliphatic heterocycles. The smallest absolute Gasteiger partial charge is 0.196 e. The Hall–Kier alpha value is -1.31. The van der Waals surface area contributed by atoms with Gasteiger partial charge in [-0.1, -0.05) is 53.5 Å². The second kappa shape index (κ2) is 4.91. The fourth-order valence-corrected chi connectivity index (χ4v) is 2.28. The number of carbonyl (C=O) groups is 1. The highest BCUT2D eigenvalue weighted by Gasteiger charge is 2.16. The van der Waals surface area contributed by atoms with Crippen molar-refractivity contribution < 1.29 is 4.79 Å². The lowest BCUT2D eigenvalue weighted by Crippen LogP contribution is -2.03. The summed E-state index contributed by atoms with van der Waals surface area (Å²) in [7, 11) is 0. The number of rotatable bonds is 2. The zero-order valence-corrected chi connectivity index (χ0v) is 10.4. The molecule has 0 saturated heterocycles. The van der Waals surface area contributed by atoms with Crippen molar-refractivity contribution in [3.63, 3.8) is 0 Å². The molecule has 0 fully saturated rings. The van der Waals surface area contributed by atoms with Crippen LogP contribution in [0, 0.1) is 6.92 Å². The minimum atomic E-state index is -0.180. The van der Waals surface area contributed by atoms with Crippen molar-refractivity contribution in [1.29, 1.82) is 0 Å². The Morgan fingerprint density at radius 1 is 1.00 bits per heavy atom. The van der Waals surface area contributed by atoms with E-state index in [2.05, 4.69) is 6.92 Å². The Morgan fingerprint density at radius 2 is 1.53 bits per heavy atom. The number of benzene rings is 2. The summed E-state index contributed by atoms with van der Waals surface area (Å²) < 4.78 is 0. The molecule has 1 radical (unpaired) electrons. The summed E-state index contributed by atoms with van der Waals surface area (Å²) in [5.74, 6) is -0.180. The molecule has 0 spiro atoms. The first-order valence-electron chi connectivity index (χ1n) is 5.00. The van der Waals surface area contributed by atoms with Gasteiger partial charge in [-0.2, -0.15) is 0 Å². The highest BCUT2D eigenvalue weighted by atomic mass is 35.5. The van der Waals surface area contributed by atoms with Crippen LogP contribution in [-0.4, -0.2) is 5.78 Å². The van der Waals surface area contributed by atoms with Gasteiger partial charge in [-0.3, -0.25) is 4.79 Å². The number of ketones is 1. The Bertz CT molecular complexity index is 539. The van der Waals surface area contributed by atoms with Gasteiger partial charge in [0, 0.05) is 5.56 Å². The monoisotopic (exact) mass is 263 g/mol. The van der Waals surface area contributed by atoms with Gasteiger partial charge in [0.15, 0.2) is 5.78 Å². The van der Waals surface area contributed by atoms with Crippen molar-refractivity contribution in [1.82, 2.24) is 0 Å². The Kier molecular flexibility index (Phi) is 3.51. The summed E-state index contributed by atoms with van der Waals surface area (Å²) in [4.78, 5) is 12.2. The van der Waals surface area contributed by atoms with Crippen molar-refractivity contribution in [3.8, 4) is 0 Å². The predicted octanol–water partition coefficient (Wildman–Crippen LogP) is 4.41. The molecule has 85 valence electrons. The number of hydrogen-bond acceptors (Lipinski definition) is 1. The minimum Gasteiger partial charge on any atom is -0.288 e. The number of hydrogen-bond donors (Lipinski definition) is 0. The zero-order valence-electron chi connectivity index (χ0n) is 8.91. The first-order chi connectivity index (χ1) is 8.09. The van der Waals surface area contributed by atoms with Crippen LogP contribution in [0.3, 0.4) is 0 Å². The second-order valence-electron chi connectivity index (χ2n) is 3.63. The van der Waals surface area contributed by atoms with Crippen LogP contribution in [0.2, 0.25) is 10.0 Å². The van der Waals surface area contributed by atoms with Crippen molar-refractivity contribution >= 4 is 29.0 Å². The maximum atomic E-state index is 12.2. The summed E-state index contributed by atoms with van der Waals surface area (Å²) in [5.41, 5.74) is 1.57. The lowest BCUT2D eigenvalue weighted by molar-refractivity contribution is 0.103. The van der Waals surface area contributed by atoms with Gasteiger partial charge in [0.2, 0.25) is 0 Å². The van der Waals surface area contributed by atoms with E-state index in [9.17, 15) is 4.79 Å². The van der Waals surface area contributed by atoms with Crippen LogP contribution < -0.4 is 0 Å². The van der Waals surface area contributed by atoms with E-state index in [0.717, 1.165) is 0 Å². The van der Waals surface area contributed by atoms with E-state index in [1.54, 1.807) is 36.4 Å². The van der Waals surface area contributed by atoms with E-state index in [4.69, 9.17) is 23.2 Å². The van der Waals surface area contributed by atoms with Gasteiger partial charge in [-0.25, -0.2) is 0 Å². The van der Waals surface area contributed by atoms with Crippen LogP contribution in [0.5, 0.6) is 0 Å². The number of halogens is 2. The van der Waals surface area contributed by atoms with E-state index >= 15 is 0 Å². The fraction of sp³-hybridized carbons (Fsp3) is 0. The molecule has 0 N–H and O–H groups in total. The topological polar surface area (TPSA) is 17.1 Å².